The normalized spacial score (nSPS) is 16.4. The van der Waals surface area contributed by atoms with Crippen molar-refractivity contribution in [3.05, 3.63) is 47.5 Å². The fraction of sp³-hybridized carbons (Fsp3) is 0.312. The van der Waals surface area contributed by atoms with Crippen LogP contribution in [0.4, 0.5) is 10.1 Å². The first-order valence-electron chi connectivity index (χ1n) is 7.24. The highest BCUT2D eigenvalue weighted by Crippen LogP contribution is 2.37. The molecule has 4 nitrogen and oxygen atoms in total. The number of aromatic amines is 1. The summed E-state index contributed by atoms with van der Waals surface area (Å²) < 4.78 is 29.1. The molecule has 0 amide bonds. The first-order valence-corrected chi connectivity index (χ1v) is 8.39. The Morgan fingerprint density at radius 2 is 2.09 bits per heavy atom. The fourth-order valence-corrected chi connectivity index (χ4v) is 3.99. The molecule has 2 aromatic rings. The lowest BCUT2D eigenvalue weighted by Gasteiger charge is -2.15. The van der Waals surface area contributed by atoms with Gasteiger partial charge >= 0.3 is 0 Å². The minimum Gasteiger partial charge on any atom is -0.588 e. The number of nitriles is 1. The van der Waals surface area contributed by atoms with E-state index in [1.165, 1.54) is 25.0 Å². The maximum Gasteiger partial charge on any atom is 0.200 e. The second kappa shape index (κ2) is 6.42. The molecule has 0 aliphatic heterocycles. The van der Waals surface area contributed by atoms with Gasteiger partial charge in [-0.15, -0.1) is 0 Å². The smallest absolute Gasteiger partial charge is 0.200 e. The maximum absolute atomic E-state index is 13.9. The number of hydrogen-bond acceptors (Lipinski definition) is 3. The first kappa shape index (κ1) is 14.9. The van der Waals surface area contributed by atoms with Crippen molar-refractivity contribution in [2.75, 3.05) is 4.72 Å². The minimum absolute atomic E-state index is 0.135. The van der Waals surface area contributed by atoms with Gasteiger partial charge in [0, 0.05) is 11.8 Å². The van der Waals surface area contributed by atoms with Crippen molar-refractivity contribution in [2.24, 2.45) is 0 Å². The van der Waals surface area contributed by atoms with Crippen LogP contribution in [-0.4, -0.2) is 9.54 Å². The molecule has 1 fully saturated rings. The van der Waals surface area contributed by atoms with Crippen molar-refractivity contribution < 1.29 is 8.94 Å². The van der Waals surface area contributed by atoms with E-state index in [1.807, 2.05) is 12.3 Å². The molecule has 0 radical (unpaired) electrons. The van der Waals surface area contributed by atoms with Gasteiger partial charge in [0.25, 0.3) is 0 Å². The molecule has 0 bridgehead atoms. The summed E-state index contributed by atoms with van der Waals surface area (Å²) in [6, 6.07) is 5.94. The van der Waals surface area contributed by atoms with E-state index in [1.54, 1.807) is 6.20 Å². The number of halogens is 1. The van der Waals surface area contributed by atoms with Crippen molar-refractivity contribution in [3.8, 4) is 6.07 Å². The highest BCUT2D eigenvalue weighted by molar-refractivity contribution is 7.92. The summed E-state index contributed by atoms with van der Waals surface area (Å²) >= 11 is -1.53. The molecule has 1 aromatic heterocycles. The third kappa shape index (κ3) is 2.96. The zero-order chi connectivity index (χ0) is 15.5. The van der Waals surface area contributed by atoms with E-state index < -0.39 is 17.2 Å². The number of benzene rings is 1. The predicted molar refractivity (Wildman–Crippen MR) is 83.1 cm³/mol. The summed E-state index contributed by atoms with van der Waals surface area (Å²) in [5, 5.41) is 8.74. The molecule has 1 atom stereocenters. The molecule has 1 aromatic carbocycles. The molecule has 1 unspecified atom stereocenters. The Morgan fingerprint density at radius 1 is 1.32 bits per heavy atom. The number of anilines is 1. The van der Waals surface area contributed by atoms with E-state index in [4.69, 9.17) is 5.26 Å². The third-order valence-corrected chi connectivity index (χ3v) is 5.19. The van der Waals surface area contributed by atoms with Gasteiger partial charge in [0.2, 0.25) is 4.90 Å². The number of nitrogens with one attached hydrogen (secondary N) is 2. The van der Waals surface area contributed by atoms with Crippen LogP contribution in [0.1, 0.15) is 42.7 Å². The third-order valence-electron chi connectivity index (χ3n) is 4.03. The molecular formula is C16H16FN3OS. The highest BCUT2D eigenvalue weighted by atomic mass is 32.2. The summed E-state index contributed by atoms with van der Waals surface area (Å²) in [5.74, 6) is -0.150. The Balaban J connectivity index is 1.79. The Labute approximate surface area is 131 Å². The lowest BCUT2D eigenvalue weighted by Crippen LogP contribution is -2.15. The van der Waals surface area contributed by atoms with Crippen LogP contribution in [0.5, 0.6) is 0 Å². The van der Waals surface area contributed by atoms with Gasteiger partial charge in [-0.3, -0.25) is 0 Å². The van der Waals surface area contributed by atoms with Gasteiger partial charge in [-0.05, 0) is 37.0 Å². The van der Waals surface area contributed by atoms with Crippen LogP contribution in [-0.2, 0) is 11.4 Å². The Bertz CT molecular complexity index is 704. The highest BCUT2D eigenvalue weighted by Gasteiger charge is 2.27. The first-order chi connectivity index (χ1) is 10.7. The molecule has 2 N–H and O–H groups in total. The zero-order valence-corrected chi connectivity index (χ0v) is 12.8. The molecule has 6 heteroatoms. The Morgan fingerprint density at radius 3 is 2.77 bits per heavy atom. The largest absolute Gasteiger partial charge is 0.588 e. The quantitative estimate of drug-likeness (QED) is 0.842. The molecule has 0 spiro atoms. The van der Waals surface area contributed by atoms with E-state index >= 15 is 0 Å². The summed E-state index contributed by atoms with van der Waals surface area (Å²) in [6.07, 6.45) is 8.19. The standard InChI is InChI=1S/C16H16FN3OS/c17-14-7-11(8-18)5-6-15(14)20-22(21)16-10-19-9-13(16)12-3-1-2-4-12/h5-7,9-10,12,19-20H,1-4H2. The summed E-state index contributed by atoms with van der Waals surface area (Å²) in [4.78, 5) is 3.68. The van der Waals surface area contributed by atoms with Crippen LogP contribution in [0, 0.1) is 17.1 Å². The zero-order valence-electron chi connectivity index (χ0n) is 11.9. The average Bonchev–Trinajstić information content (AvgIpc) is 3.19. The Hall–Kier alpha value is -1.97. The number of hydrogen-bond donors (Lipinski definition) is 2. The summed E-state index contributed by atoms with van der Waals surface area (Å²) in [5.41, 5.74) is 1.43. The van der Waals surface area contributed by atoms with Gasteiger partial charge in [-0.2, -0.15) is 5.26 Å². The van der Waals surface area contributed by atoms with Crippen molar-refractivity contribution in [1.29, 1.82) is 5.26 Å². The summed E-state index contributed by atoms with van der Waals surface area (Å²) in [6.45, 7) is 0. The second-order valence-corrected chi connectivity index (χ2v) is 6.61. The van der Waals surface area contributed by atoms with Gasteiger partial charge < -0.3 is 9.54 Å². The molecule has 3 rings (SSSR count). The maximum atomic E-state index is 13.9. The number of H-pyrrole nitrogens is 1. The van der Waals surface area contributed by atoms with Gasteiger partial charge in [-0.1, -0.05) is 12.8 Å². The van der Waals surface area contributed by atoms with Gasteiger partial charge in [0.05, 0.1) is 17.8 Å². The van der Waals surface area contributed by atoms with Crippen molar-refractivity contribution in [3.63, 3.8) is 0 Å². The number of aromatic nitrogens is 1. The van der Waals surface area contributed by atoms with E-state index in [-0.39, 0.29) is 11.3 Å². The lowest BCUT2D eigenvalue weighted by atomic mass is 10.0. The van der Waals surface area contributed by atoms with Crippen LogP contribution in [0.2, 0.25) is 0 Å². The van der Waals surface area contributed by atoms with E-state index in [0.717, 1.165) is 24.5 Å². The molecule has 1 saturated carbocycles. The molecule has 1 aliphatic rings. The molecule has 0 saturated heterocycles. The fourth-order valence-electron chi connectivity index (χ4n) is 2.90. The van der Waals surface area contributed by atoms with Crippen LogP contribution in [0.3, 0.4) is 0 Å². The van der Waals surface area contributed by atoms with Crippen LogP contribution >= 0.6 is 0 Å². The van der Waals surface area contributed by atoms with Gasteiger partial charge in [0.1, 0.15) is 17.0 Å². The average molecular weight is 317 g/mol. The number of nitrogens with zero attached hydrogens (tertiary/aromatic N) is 1. The van der Waals surface area contributed by atoms with Crippen molar-refractivity contribution in [1.82, 2.24) is 4.98 Å². The topological polar surface area (TPSA) is 74.7 Å². The van der Waals surface area contributed by atoms with Crippen molar-refractivity contribution >= 4 is 17.0 Å². The predicted octanol–water partition coefficient (Wildman–Crippen LogP) is 3.82. The van der Waals surface area contributed by atoms with E-state index in [9.17, 15) is 8.94 Å². The second-order valence-electron chi connectivity index (χ2n) is 5.43. The van der Waals surface area contributed by atoms with Gasteiger partial charge in [-0.25, -0.2) is 9.11 Å². The SMILES string of the molecule is N#Cc1ccc(N[S+]([O-])c2c[nH]cc2C2CCCC2)c(F)c1. The summed E-state index contributed by atoms with van der Waals surface area (Å²) in [7, 11) is 0. The molecule has 1 heterocycles. The van der Waals surface area contributed by atoms with Crippen molar-refractivity contribution in [2.45, 2.75) is 36.5 Å². The van der Waals surface area contributed by atoms with E-state index in [0.29, 0.717) is 10.8 Å². The van der Waals surface area contributed by atoms with Crippen LogP contribution < -0.4 is 4.72 Å². The van der Waals surface area contributed by atoms with Gasteiger partial charge in [0.15, 0.2) is 5.82 Å². The Kier molecular flexibility index (Phi) is 4.36. The molecule has 22 heavy (non-hydrogen) atoms. The van der Waals surface area contributed by atoms with Crippen LogP contribution in [0.15, 0.2) is 35.5 Å². The lowest BCUT2D eigenvalue weighted by molar-refractivity contribution is 0.594. The minimum atomic E-state index is -1.53. The number of rotatable bonds is 4. The van der Waals surface area contributed by atoms with E-state index in [2.05, 4.69) is 9.71 Å². The molecule has 1 aliphatic carbocycles. The molecule has 114 valence electrons. The molecular weight excluding hydrogens is 301 g/mol. The monoisotopic (exact) mass is 317 g/mol. The van der Waals surface area contributed by atoms with Crippen LogP contribution in [0.25, 0.3) is 0 Å².